The van der Waals surface area contributed by atoms with E-state index in [1.54, 1.807) is 11.3 Å². The van der Waals surface area contributed by atoms with Crippen LogP contribution in [-0.4, -0.2) is 64.3 Å². The van der Waals surface area contributed by atoms with E-state index in [1.165, 1.54) is 5.56 Å². The molecule has 2 aliphatic heterocycles. The van der Waals surface area contributed by atoms with E-state index >= 15 is 0 Å². The van der Waals surface area contributed by atoms with E-state index in [4.69, 9.17) is 14.0 Å². The van der Waals surface area contributed by atoms with Gasteiger partial charge in [-0.2, -0.15) is 5.10 Å². The van der Waals surface area contributed by atoms with Crippen LogP contribution in [0.1, 0.15) is 40.8 Å². The van der Waals surface area contributed by atoms with Gasteiger partial charge in [0.25, 0.3) is 5.91 Å². The van der Waals surface area contributed by atoms with E-state index in [1.807, 2.05) is 25.1 Å². The van der Waals surface area contributed by atoms with E-state index < -0.39 is 0 Å². The van der Waals surface area contributed by atoms with Crippen molar-refractivity contribution in [3.8, 4) is 0 Å². The summed E-state index contributed by atoms with van der Waals surface area (Å²) in [6.07, 6.45) is 2.30. The molecule has 0 unspecified atom stereocenters. The van der Waals surface area contributed by atoms with Crippen LogP contribution < -0.4 is 0 Å². The first-order valence-corrected chi connectivity index (χ1v) is 11.4. The molecule has 1 fully saturated rings. The number of carbonyl (C=O) groups is 1. The molecule has 2 aliphatic rings. The third-order valence-corrected chi connectivity index (χ3v) is 6.31. The average Bonchev–Trinajstić information content (AvgIpc) is 3.56. The van der Waals surface area contributed by atoms with Crippen molar-refractivity contribution in [2.24, 2.45) is 5.10 Å². The number of aromatic nitrogens is 1. The number of rotatable bonds is 6. The van der Waals surface area contributed by atoms with Crippen molar-refractivity contribution in [2.75, 3.05) is 32.7 Å². The molecule has 0 radical (unpaired) electrons. The normalized spacial score (nSPS) is 19.8. The predicted molar refractivity (Wildman–Crippen MR) is 124 cm³/mol. The number of aryl methyl sites for hydroxylation is 2. The molecule has 0 bridgehead atoms. The summed E-state index contributed by atoms with van der Waals surface area (Å²) in [5.74, 6) is 1.59. The quantitative estimate of drug-likeness (QED) is 0.577. The van der Waals surface area contributed by atoms with Crippen LogP contribution in [0.4, 0.5) is 0 Å². The third kappa shape index (κ3) is 4.91. The number of furan rings is 1. The highest BCUT2D eigenvalue weighted by Crippen LogP contribution is 2.33. The molecular weight excluding hydrogens is 418 g/mol. The lowest BCUT2D eigenvalue weighted by Gasteiger charge is -2.34. The molecule has 0 spiro atoms. The van der Waals surface area contributed by atoms with Crippen molar-refractivity contribution >= 4 is 11.6 Å². The van der Waals surface area contributed by atoms with Gasteiger partial charge in [0.15, 0.2) is 0 Å². The van der Waals surface area contributed by atoms with E-state index in [2.05, 4.69) is 46.1 Å². The highest BCUT2D eigenvalue weighted by molar-refractivity contribution is 6.03. The van der Waals surface area contributed by atoms with Gasteiger partial charge in [-0.1, -0.05) is 35.0 Å². The smallest absolute Gasteiger partial charge is 0.257 e. The topological polar surface area (TPSA) is 78.3 Å². The van der Waals surface area contributed by atoms with Crippen molar-refractivity contribution in [3.05, 3.63) is 77.1 Å². The Labute approximate surface area is 193 Å². The number of amides is 1. The van der Waals surface area contributed by atoms with E-state index in [0.29, 0.717) is 13.0 Å². The molecule has 5 rings (SSSR count). The van der Waals surface area contributed by atoms with Crippen LogP contribution in [0.5, 0.6) is 0 Å². The molecule has 1 saturated heterocycles. The minimum Gasteiger partial charge on any atom is -0.467 e. The molecule has 1 atom stereocenters. The van der Waals surface area contributed by atoms with Gasteiger partial charge in [-0.15, -0.1) is 0 Å². The van der Waals surface area contributed by atoms with Crippen molar-refractivity contribution < 1.29 is 13.7 Å². The van der Waals surface area contributed by atoms with E-state index in [9.17, 15) is 4.79 Å². The molecule has 0 saturated carbocycles. The van der Waals surface area contributed by atoms with Crippen molar-refractivity contribution in [1.82, 2.24) is 20.0 Å². The minimum atomic E-state index is -0.208. The van der Waals surface area contributed by atoms with Crippen LogP contribution in [-0.2, 0) is 11.3 Å². The second-order valence-electron chi connectivity index (χ2n) is 8.87. The van der Waals surface area contributed by atoms with Gasteiger partial charge in [0, 0.05) is 45.2 Å². The number of hydrogen-bond donors (Lipinski definition) is 0. The number of hydrazone groups is 1. The zero-order valence-corrected chi connectivity index (χ0v) is 19.1. The highest BCUT2D eigenvalue weighted by atomic mass is 16.5. The molecule has 1 aromatic carbocycles. The summed E-state index contributed by atoms with van der Waals surface area (Å²) in [6, 6.07) is 13.8. The lowest BCUT2D eigenvalue weighted by molar-refractivity contribution is -0.135. The first-order chi connectivity index (χ1) is 16.0. The molecule has 8 nitrogen and oxygen atoms in total. The van der Waals surface area contributed by atoms with Crippen LogP contribution in [0.2, 0.25) is 0 Å². The molecule has 4 heterocycles. The van der Waals surface area contributed by atoms with Crippen molar-refractivity contribution in [1.29, 1.82) is 0 Å². The molecule has 3 aromatic rings. The van der Waals surface area contributed by atoms with Crippen molar-refractivity contribution in [2.45, 2.75) is 32.9 Å². The summed E-state index contributed by atoms with van der Waals surface area (Å²) in [4.78, 5) is 17.9. The van der Waals surface area contributed by atoms with Gasteiger partial charge in [-0.05, 0) is 31.5 Å². The molecular formula is C25H29N5O3. The zero-order chi connectivity index (χ0) is 22.8. The molecule has 33 heavy (non-hydrogen) atoms. The molecule has 0 N–H and O–H groups in total. The average molecular weight is 448 g/mol. The lowest BCUT2D eigenvalue weighted by atomic mass is 10.0. The van der Waals surface area contributed by atoms with Gasteiger partial charge in [0.1, 0.15) is 17.6 Å². The standard InChI is InChI=1S/C25H29N5O3/c1-18-5-7-20(8-6-18)22-15-23(24-4-3-13-32-24)30(26-22)25(31)17-29-11-9-28(10-12-29)16-21-14-19(2)33-27-21/h3-8,13-14,23H,9-12,15-17H2,1-2H3/t23-/m1/s1. The largest absolute Gasteiger partial charge is 0.467 e. The molecule has 1 amide bonds. The van der Waals surface area contributed by atoms with Crippen LogP contribution >= 0.6 is 0 Å². The van der Waals surface area contributed by atoms with Gasteiger partial charge in [-0.3, -0.25) is 14.6 Å². The summed E-state index contributed by atoms with van der Waals surface area (Å²) in [7, 11) is 0. The second-order valence-corrected chi connectivity index (χ2v) is 8.87. The van der Waals surface area contributed by atoms with Crippen LogP contribution in [0, 0.1) is 13.8 Å². The van der Waals surface area contributed by atoms with Crippen LogP contribution in [0.3, 0.4) is 0 Å². The SMILES string of the molecule is Cc1ccc(C2=NN(C(=O)CN3CCN(Cc4cc(C)on4)CC3)[C@@H](c3ccco3)C2)cc1. The van der Waals surface area contributed by atoms with Crippen LogP contribution in [0.25, 0.3) is 0 Å². The monoisotopic (exact) mass is 447 g/mol. The van der Waals surface area contributed by atoms with E-state index in [-0.39, 0.29) is 11.9 Å². The van der Waals surface area contributed by atoms with Gasteiger partial charge in [0.05, 0.1) is 24.2 Å². The number of carbonyl (C=O) groups excluding carboxylic acids is 1. The fourth-order valence-electron chi connectivity index (χ4n) is 4.45. The Morgan fingerprint density at radius 2 is 1.82 bits per heavy atom. The second kappa shape index (κ2) is 9.33. The number of hydrogen-bond acceptors (Lipinski definition) is 7. The summed E-state index contributed by atoms with van der Waals surface area (Å²) >= 11 is 0. The first kappa shape index (κ1) is 21.6. The molecule has 8 heteroatoms. The summed E-state index contributed by atoms with van der Waals surface area (Å²) in [5, 5.41) is 10.5. The Morgan fingerprint density at radius 3 is 2.48 bits per heavy atom. The predicted octanol–water partition coefficient (Wildman–Crippen LogP) is 3.38. The Bertz CT molecular complexity index is 1110. The summed E-state index contributed by atoms with van der Waals surface area (Å²) in [6.45, 7) is 8.52. The van der Waals surface area contributed by atoms with E-state index in [0.717, 1.165) is 61.2 Å². The number of piperazine rings is 1. The maximum Gasteiger partial charge on any atom is 0.257 e. The van der Waals surface area contributed by atoms with Gasteiger partial charge < -0.3 is 8.94 Å². The Morgan fingerprint density at radius 1 is 1.06 bits per heavy atom. The lowest BCUT2D eigenvalue weighted by Crippen LogP contribution is -2.49. The zero-order valence-electron chi connectivity index (χ0n) is 19.1. The number of nitrogens with zero attached hydrogens (tertiary/aromatic N) is 5. The van der Waals surface area contributed by atoms with Gasteiger partial charge in [0.2, 0.25) is 0 Å². The summed E-state index contributed by atoms with van der Waals surface area (Å²) in [5.41, 5.74) is 4.11. The maximum absolute atomic E-state index is 13.3. The fraction of sp³-hybridized carbons (Fsp3) is 0.400. The highest BCUT2D eigenvalue weighted by Gasteiger charge is 2.35. The molecule has 172 valence electrons. The molecule has 0 aliphatic carbocycles. The Hall–Kier alpha value is -3.23. The minimum absolute atomic E-state index is 0.000845. The first-order valence-electron chi connectivity index (χ1n) is 11.4. The number of benzene rings is 1. The van der Waals surface area contributed by atoms with Crippen LogP contribution in [0.15, 0.2) is 62.8 Å². The fourth-order valence-corrected chi connectivity index (χ4v) is 4.45. The van der Waals surface area contributed by atoms with Gasteiger partial charge in [-0.25, -0.2) is 5.01 Å². The Kier molecular flexibility index (Phi) is 6.11. The third-order valence-electron chi connectivity index (χ3n) is 6.31. The van der Waals surface area contributed by atoms with Gasteiger partial charge >= 0.3 is 0 Å². The molecule has 2 aromatic heterocycles. The Balaban J connectivity index is 1.23. The van der Waals surface area contributed by atoms with Crippen molar-refractivity contribution in [3.63, 3.8) is 0 Å². The summed E-state index contributed by atoms with van der Waals surface area (Å²) < 4.78 is 10.8. The maximum atomic E-state index is 13.3.